The number of amides is 4. The molecule has 2 N–H and O–H groups in total. The van der Waals surface area contributed by atoms with E-state index in [-0.39, 0.29) is 296 Å². The Morgan fingerprint density at radius 1 is 0.656 bits per heavy atom. The van der Waals surface area contributed by atoms with Crippen molar-refractivity contribution < 1.29 is 270 Å². The molecule has 0 aromatic rings. The third-order valence-corrected chi connectivity index (χ3v) is 11.6. The van der Waals surface area contributed by atoms with Crippen LogP contribution in [0, 0.1) is 267 Å². The van der Waals surface area contributed by atoms with Gasteiger partial charge < -0.3 is 19.7 Å². The molecule has 4 heterocycles. The number of ether oxygens (including phenoxy) is 2. The van der Waals surface area contributed by atoms with E-state index in [0.29, 0.717) is 18.5 Å². The molecule has 2 saturated heterocycles. The minimum atomic E-state index is -0.865. The molecule has 13 unspecified atom stereocenters. The van der Waals surface area contributed by atoms with E-state index >= 15 is 0 Å². The Hall–Kier alpha value is 5.44. The SMILES string of the molecule is C1CCCCC1.CC.CC1=NC2CC3OC(C)=NC3CC2O1.CC1CC(O)C(N2C(=O)C3CC4C(=O)N(C)C(=O)C4CC3C2=O)CC1O.N#N.PI.[Ar].[Ar].[Ar].[Ar].[Ar].[Ar].[B]P=O. The zero-order valence-corrected chi connectivity index (χ0v) is 43.4. The first-order valence-corrected chi connectivity index (χ1v) is 24.3. The van der Waals surface area contributed by atoms with E-state index in [9.17, 15) is 29.4 Å². The van der Waals surface area contributed by atoms with Crippen molar-refractivity contribution >= 4 is 80.3 Å². The van der Waals surface area contributed by atoms with Crippen LogP contribution in [-0.4, -0.2) is 113 Å². The van der Waals surface area contributed by atoms with Gasteiger partial charge >= 0.3 is 0 Å². The zero-order valence-electron chi connectivity index (χ0n) is 35.0. The normalized spacial score (nSPS) is 32.7. The fourth-order valence-electron chi connectivity index (χ4n) is 8.95. The van der Waals surface area contributed by atoms with Crippen LogP contribution in [0.15, 0.2) is 9.98 Å². The minimum Gasteiger partial charge on any atom is -0.476 e. The van der Waals surface area contributed by atoms with Crippen LogP contribution < -0.4 is 0 Å². The van der Waals surface area contributed by atoms with Crippen LogP contribution in [0.4, 0.5) is 0 Å². The average molecular weight is 1160 g/mol. The Labute approximate surface area is 560 Å². The molecule has 0 spiro atoms. The number of aliphatic hydroxyl groups is 2. The maximum Gasteiger partial charge on any atom is 0.233 e. The maximum atomic E-state index is 12.9. The second-order valence-corrected chi connectivity index (χ2v) is 15.0. The average Bonchev–Trinajstić information content (AvgIpc) is 3.88. The summed E-state index contributed by atoms with van der Waals surface area (Å²) in [5, 5.41) is 32.5. The number of carbonyl (C=O) groups excluding carboxylic acids is 4. The number of halogens is 1. The summed E-state index contributed by atoms with van der Waals surface area (Å²) in [6.07, 6.45) is 10.7. The molecule has 8 rings (SSSR count). The summed E-state index contributed by atoms with van der Waals surface area (Å²) in [5.74, 6) is -2.06. The van der Waals surface area contributed by atoms with Gasteiger partial charge in [0, 0.05) is 271 Å². The van der Waals surface area contributed by atoms with Crippen molar-refractivity contribution in [1.29, 1.82) is 10.8 Å². The third kappa shape index (κ3) is 21.2. The van der Waals surface area contributed by atoms with Crippen molar-refractivity contribution in [1.82, 2.24) is 9.80 Å². The molecule has 2 radical (unpaired) electrons. The molecule has 4 saturated carbocycles. The number of nitrogens with zero attached hydrogens (tertiary/aromatic N) is 6. The molecule has 0 aromatic carbocycles. The summed E-state index contributed by atoms with van der Waals surface area (Å²) in [4.78, 5) is 61.6. The number of rotatable bonds is 1. The first-order chi connectivity index (χ1) is 26.4. The Balaban J connectivity index is -0.000000255. The zero-order chi connectivity index (χ0) is 41.6. The standard InChI is InChI=1S/C18H24N2O6.C10H14N2O2.C6H12.C2H6.6Ar.BOP.H2IP.N2/c1-7-3-14(22)12(6-13(7)21)20-17(25)10-4-8-9(5-11(10)18(20)26)16(24)19(2)15(8)23;1-5-11-7-3-10-8(4-9(7)13-5)12-6(2)14-10;1-2-4-6-5-3-1;1-2;;;;;;;1-3-2;2*1-2/h7-14,21-22H,3-6H2,1-2H3;7-10H,3-4H2,1-2H3;1-6H2;1-2H3;;;;;;;;2H2;. The summed E-state index contributed by atoms with van der Waals surface area (Å²) >= 11 is 2.07. The molecule has 13 atom stereocenters. The van der Waals surface area contributed by atoms with Gasteiger partial charge in [0.25, 0.3) is 0 Å². The second kappa shape index (κ2) is 40.0. The molecule has 15 nitrogen and oxygen atoms in total. The number of hydrogen-bond acceptors (Lipinski definition) is 13. The summed E-state index contributed by atoms with van der Waals surface area (Å²) in [5.41, 5.74) is 0. The van der Waals surface area contributed by atoms with Crippen LogP contribution in [0.2, 0.25) is 0 Å². The van der Waals surface area contributed by atoms with Crippen LogP contribution in [-0.2, 0) is 33.2 Å². The van der Waals surface area contributed by atoms with Gasteiger partial charge in [0.2, 0.25) is 31.2 Å². The summed E-state index contributed by atoms with van der Waals surface area (Å²) in [6.45, 7) is 12.1. The molecule has 354 valence electrons. The fraction of sp³-hybridized carbons (Fsp3) is 0.833. The molecule has 4 amide bonds. The Morgan fingerprint density at radius 3 is 1.30 bits per heavy atom. The fourth-order valence-corrected chi connectivity index (χ4v) is 8.95. The van der Waals surface area contributed by atoms with Gasteiger partial charge in [-0.15, -0.1) is 0 Å². The van der Waals surface area contributed by atoms with E-state index in [1.807, 2.05) is 34.6 Å². The van der Waals surface area contributed by atoms with Crippen molar-refractivity contribution in [3.63, 3.8) is 0 Å². The monoisotopic (exact) mass is 1160 g/mol. The van der Waals surface area contributed by atoms with Gasteiger partial charge in [-0.1, -0.05) is 88.2 Å². The summed E-state index contributed by atoms with van der Waals surface area (Å²) in [7, 11) is 5.37. The van der Waals surface area contributed by atoms with Gasteiger partial charge in [0.15, 0.2) is 11.8 Å². The van der Waals surface area contributed by atoms with Crippen molar-refractivity contribution in [2.24, 2.45) is 39.6 Å². The quantitative estimate of drug-likeness (QED) is 0.113. The molecule has 0 aromatic heterocycles. The van der Waals surface area contributed by atoms with Crippen molar-refractivity contribution in [3.05, 3.63) is 0 Å². The van der Waals surface area contributed by atoms with Gasteiger partial charge in [0.1, 0.15) is 12.2 Å². The maximum absolute atomic E-state index is 12.9. The topological polar surface area (TPSA) is 223 Å². The molecule has 4 aliphatic heterocycles. The number of hydrogen-bond donors (Lipinski definition) is 2. The number of carbonyl (C=O) groups is 4. The van der Waals surface area contributed by atoms with E-state index in [1.54, 1.807) is 0 Å². The van der Waals surface area contributed by atoms with E-state index in [0.717, 1.165) is 34.4 Å². The van der Waals surface area contributed by atoms with Gasteiger partial charge in [-0.3, -0.25) is 33.5 Å². The molecule has 61 heavy (non-hydrogen) atoms. The smallest absolute Gasteiger partial charge is 0.233 e. The second-order valence-electron chi connectivity index (χ2n) is 14.8. The molecule has 0 bridgehead atoms. The van der Waals surface area contributed by atoms with Gasteiger partial charge in [0.05, 0.1) is 62.3 Å². The molecule has 4 aliphatic carbocycles. The first-order valence-electron chi connectivity index (χ1n) is 19.3. The van der Waals surface area contributed by atoms with E-state index < -0.39 is 41.9 Å². The molecular weight excluding hydrogens is 1100 g/mol. The minimum absolute atomic E-state index is 0. The van der Waals surface area contributed by atoms with Gasteiger partial charge in [-0.05, 0) is 31.6 Å². The van der Waals surface area contributed by atoms with Crippen LogP contribution in [0.3, 0.4) is 0 Å². The molecule has 6 fully saturated rings. The molecule has 25 heteroatoms. The Bertz CT molecular complexity index is 1350. The largest absolute Gasteiger partial charge is 0.476 e. The predicted molar refractivity (Wildman–Crippen MR) is 219 cm³/mol. The number of likely N-dealkylation sites (tertiary alicyclic amines) is 2. The summed E-state index contributed by atoms with van der Waals surface area (Å²) in [6, 6.07) is -0.129. The first kappa shape index (κ1) is 75.4. The molecule has 8 aliphatic rings. The van der Waals surface area contributed by atoms with Crippen LogP contribution in [0.25, 0.3) is 0 Å². The Kier molecular flexibility index (Phi) is 49.4. The number of aliphatic hydroxyl groups excluding tert-OH is 2. The van der Waals surface area contributed by atoms with E-state index in [2.05, 4.69) is 46.5 Å². The third-order valence-electron chi connectivity index (χ3n) is 11.6. The molecular formula is C36H58Ar6BIN6O9P2. The van der Waals surface area contributed by atoms with Crippen molar-refractivity contribution in [3.8, 4) is 0 Å². The predicted octanol–water partition coefficient (Wildman–Crippen LogP) is 5.25. The van der Waals surface area contributed by atoms with Gasteiger partial charge in [-0.25, -0.2) is 9.98 Å². The van der Waals surface area contributed by atoms with Crippen LogP contribution in [0.1, 0.15) is 112 Å². The van der Waals surface area contributed by atoms with Crippen LogP contribution >= 0.6 is 37.3 Å². The number of imide groups is 2. The van der Waals surface area contributed by atoms with Crippen molar-refractivity contribution in [2.45, 2.75) is 154 Å². The van der Waals surface area contributed by atoms with E-state index in [4.69, 9.17) is 24.8 Å². The number of aliphatic imine (C=N–C) groups is 2. The number of fused-ring (bicyclic) bond motifs is 4. The van der Waals surface area contributed by atoms with Crippen molar-refractivity contribution in [2.75, 3.05) is 7.05 Å². The van der Waals surface area contributed by atoms with Crippen LogP contribution in [0.5, 0.6) is 0 Å². The van der Waals surface area contributed by atoms with E-state index in [1.165, 1.54) is 45.6 Å². The van der Waals surface area contributed by atoms with Gasteiger partial charge in [-0.2, -0.15) is 0 Å². The summed E-state index contributed by atoms with van der Waals surface area (Å²) < 4.78 is 19.9. The Morgan fingerprint density at radius 2 is 0.967 bits per heavy atom.